The third kappa shape index (κ3) is 2.76. The summed E-state index contributed by atoms with van der Waals surface area (Å²) in [6.45, 7) is 0. The van der Waals surface area contributed by atoms with Gasteiger partial charge >= 0.3 is 0 Å². The fourth-order valence-electron chi connectivity index (χ4n) is 1.39. The Hall–Kier alpha value is -1.70. The van der Waals surface area contributed by atoms with Crippen LogP contribution in [0.15, 0.2) is 40.9 Å². The molecule has 0 radical (unpaired) electrons. The minimum atomic E-state index is 0.352. The summed E-state index contributed by atoms with van der Waals surface area (Å²) in [6, 6.07) is 12.2. The predicted molar refractivity (Wildman–Crippen MR) is 74.8 cm³/mol. The van der Waals surface area contributed by atoms with Crippen molar-refractivity contribution in [3.63, 3.8) is 0 Å². The van der Waals surface area contributed by atoms with Gasteiger partial charge in [0.05, 0.1) is 16.3 Å². The van der Waals surface area contributed by atoms with Crippen LogP contribution in [0.25, 0.3) is 0 Å². The minimum absolute atomic E-state index is 0.352. The summed E-state index contributed by atoms with van der Waals surface area (Å²) in [5, 5.41) is 9.13. The molecule has 5 heteroatoms. The summed E-state index contributed by atoms with van der Waals surface area (Å²) in [7, 11) is 0. The second kappa shape index (κ2) is 5.30. The fourth-order valence-corrected chi connectivity index (χ4v) is 1.98. The molecule has 0 atom stereocenters. The first-order valence-corrected chi connectivity index (χ1v) is 6.20. The second-order valence-electron chi connectivity index (χ2n) is 3.54. The van der Waals surface area contributed by atoms with Gasteiger partial charge in [0.15, 0.2) is 0 Å². The zero-order valence-electron chi connectivity index (χ0n) is 9.15. The number of hydrogen-bond donors (Lipinski definition) is 1. The van der Waals surface area contributed by atoms with E-state index < -0.39 is 0 Å². The van der Waals surface area contributed by atoms with Crippen molar-refractivity contribution in [2.24, 2.45) is 0 Å². The Balaban J connectivity index is 2.29. The third-order valence-corrected chi connectivity index (χ3v) is 3.07. The van der Waals surface area contributed by atoms with E-state index in [1.165, 1.54) is 0 Å². The molecule has 0 aliphatic rings. The number of benzene rings is 2. The number of rotatable bonds is 2. The van der Waals surface area contributed by atoms with Crippen LogP contribution in [0.4, 0.5) is 5.69 Å². The van der Waals surface area contributed by atoms with Gasteiger partial charge in [-0.2, -0.15) is 5.26 Å². The lowest BCUT2D eigenvalue weighted by Crippen LogP contribution is -1.92. The number of anilines is 1. The molecule has 18 heavy (non-hydrogen) atoms. The van der Waals surface area contributed by atoms with Gasteiger partial charge in [-0.15, -0.1) is 0 Å². The van der Waals surface area contributed by atoms with E-state index in [1.807, 2.05) is 12.1 Å². The molecule has 0 saturated heterocycles. The Kier molecular flexibility index (Phi) is 3.75. The topological polar surface area (TPSA) is 59.0 Å². The Morgan fingerprint density at radius 1 is 1.22 bits per heavy atom. The number of hydrogen-bond acceptors (Lipinski definition) is 3. The SMILES string of the molecule is N#Cc1ccc(Oc2ccc(Br)cc2N)cc1Cl. The number of nitrogen functional groups attached to an aromatic ring is 1. The average molecular weight is 324 g/mol. The number of ether oxygens (including phenoxy) is 1. The van der Waals surface area contributed by atoms with Gasteiger partial charge < -0.3 is 10.5 Å². The van der Waals surface area contributed by atoms with Crippen LogP contribution in [0.2, 0.25) is 5.02 Å². The predicted octanol–water partition coefficient (Wildman–Crippen LogP) is 4.35. The maximum Gasteiger partial charge on any atom is 0.150 e. The van der Waals surface area contributed by atoms with Crippen LogP contribution < -0.4 is 10.5 Å². The number of nitriles is 1. The van der Waals surface area contributed by atoms with Crippen molar-refractivity contribution in [3.8, 4) is 17.6 Å². The van der Waals surface area contributed by atoms with Gasteiger partial charge in [0.2, 0.25) is 0 Å². The van der Waals surface area contributed by atoms with E-state index >= 15 is 0 Å². The second-order valence-corrected chi connectivity index (χ2v) is 4.86. The van der Waals surface area contributed by atoms with Gasteiger partial charge in [-0.25, -0.2) is 0 Å². The quantitative estimate of drug-likeness (QED) is 0.836. The molecule has 2 N–H and O–H groups in total. The Bertz CT molecular complexity index is 637. The highest BCUT2D eigenvalue weighted by atomic mass is 79.9. The molecule has 0 spiro atoms. The molecule has 0 amide bonds. The van der Waals surface area contributed by atoms with Crippen LogP contribution >= 0.6 is 27.5 Å². The number of nitrogens with two attached hydrogens (primary N) is 1. The smallest absolute Gasteiger partial charge is 0.150 e. The van der Waals surface area contributed by atoms with E-state index in [0.717, 1.165) is 4.47 Å². The number of halogens is 2. The van der Waals surface area contributed by atoms with Crippen LogP contribution in [0.1, 0.15) is 5.56 Å². The molecule has 0 aromatic heterocycles. The van der Waals surface area contributed by atoms with E-state index in [9.17, 15) is 0 Å². The Morgan fingerprint density at radius 3 is 2.61 bits per heavy atom. The number of nitrogens with zero attached hydrogens (tertiary/aromatic N) is 1. The molecule has 90 valence electrons. The van der Waals surface area contributed by atoms with Gasteiger partial charge in [-0.1, -0.05) is 27.5 Å². The van der Waals surface area contributed by atoms with Crippen molar-refractivity contribution < 1.29 is 4.74 Å². The van der Waals surface area contributed by atoms with Gasteiger partial charge in [0.1, 0.15) is 17.6 Å². The molecule has 0 aliphatic heterocycles. The average Bonchev–Trinajstić information content (AvgIpc) is 2.33. The summed E-state index contributed by atoms with van der Waals surface area (Å²) >= 11 is 9.24. The standard InChI is InChI=1S/C13H8BrClN2O/c14-9-2-4-13(12(17)5-9)18-10-3-1-8(7-16)11(15)6-10/h1-6H,17H2. The first-order valence-electron chi connectivity index (χ1n) is 5.02. The van der Waals surface area contributed by atoms with Gasteiger partial charge in [0.25, 0.3) is 0 Å². The van der Waals surface area contributed by atoms with Gasteiger partial charge in [0, 0.05) is 10.5 Å². The summed E-state index contributed by atoms with van der Waals surface area (Å²) in [5.74, 6) is 1.08. The molecule has 0 fully saturated rings. The molecule has 2 aromatic rings. The first-order chi connectivity index (χ1) is 8.60. The third-order valence-electron chi connectivity index (χ3n) is 2.26. The summed E-state index contributed by atoms with van der Waals surface area (Å²) in [4.78, 5) is 0. The zero-order chi connectivity index (χ0) is 13.1. The summed E-state index contributed by atoms with van der Waals surface area (Å²) < 4.78 is 6.48. The first kappa shape index (κ1) is 12.7. The summed E-state index contributed by atoms with van der Waals surface area (Å²) in [6.07, 6.45) is 0. The van der Waals surface area contributed by atoms with Crippen molar-refractivity contribution in [2.45, 2.75) is 0 Å². The van der Waals surface area contributed by atoms with E-state index in [0.29, 0.717) is 27.8 Å². The normalized spacial score (nSPS) is 9.83. The van der Waals surface area contributed by atoms with Crippen molar-refractivity contribution in [3.05, 3.63) is 51.5 Å². The minimum Gasteiger partial charge on any atom is -0.455 e. The molecule has 0 saturated carbocycles. The fraction of sp³-hybridized carbons (Fsp3) is 0. The lowest BCUT2D eigenvalue weighted by atomic mass is 10.2. The van der Waals surface area contributed by atoms with Crippen molar-refractivity contribution in [2.75, 3.05) is 5.73 Å². The highest BCUT2D eigenvalue weighted by Gasteiger charge is 2.05. The van der Waals surface area contributed by atoms with E-state index in [1.54, 1.807) is 30.3 Å². The van der Waals surface area contributed by atoms with E-state index in [4.69, 9.17) is 27.3 Å². The van der Waals surface area contributed by atoms with Crippen LogP contribution in [0.5, 0.6) is 11.5 Å². The maximum atomic E-state index is 8.77. The van der Waals surface area contributed by atoms with Crippen LogP contribution in [0.3, 0.4) is 0 Å². The zero-order valence-corrected chi connectivity index (χ0v) is 11.5. The molecule has 0 bridgehead atoms. The van der Waals surface area contributed by atoms with Crippen LogP contribution in [-0.2, 0) is 0 Å². The molecule has 2 rings (SSSR count). The van der Waals surface area contributed by atoms with Crippen LogP contribution in [0, 0.1) is 11.3 Å². The van der Waals surface area contributed by atoms with Crippen molar-refractivity contribution in [1.29, 1.82) is 5.26 Å². The van der Waals surface area contributed by atoms with E-state index in [2.05, 4.69) is 15.9 Å². The largest absolute Gasteiger partial charge is 0.455 e. The monoisotopic (exact) mass is 322 g/mol. The maximum absolute atomic E-state index is 8.77. The molecule has 0 unspecified atom stereocenters. The Labute approximate surface area is 118 Å². The molecule has 0 heterocycles. The molecular formula is C13H8BrClN2O. The molecule has 2 aromatic carbocycles. The van der Waals surface area contributed by atoms with Gasteiger partial charge in [-0.05, 0) is 30.3 Å². The van der Waals surface area contributed by atoms with Crippen molar-refractivity contribution in [1.82, 2.24) is 0 Å². The lowest BCUT2D eigenvalue weighted by molar-refractivity contribution is 0.485. The summed E-state index contributed by atoms with van der Waals surface area (Å²) in [5.41, 5.74) is 6.75. The van der Waals surface area contributed by atoms with Crippen LogP contribution in [-0.4, -0.2) is 0 Å². The highest BCUT2D eigenvalue weighted by Crippen LogP contribution is 2.31. The molecular weight excluding hydrogens is 316 g/mol. The highest BCUT2D eigenvalue weighted by molar-refractivity contribution is 9.10. The lowest BCUT2D eigenvalue weighted by Gasteiger charge is -2.09. The Morgan fingerprint density at radius 2 is 2.00 bits per heavy atom. The van der Waals surface area contributed by atoms with E-state index in [-0.39, 0.29) is 0 Å². The van der Waals surface area contributed by atoms with Crippen molar-refractivity contribution >= 4 is 33.2 Å². The molecule has 3 nitrogen and oxygen atoms in total. The molecule has 0 aliphatic carbocycles. The van der Waals surface area contributed by atoms with Gasteiger partial charge in [-0.3, -0.25) is 0 Å².